The average molecular weight is 389 g/mol. The molecule has 3 N–H and O–H groups in total. The summed E-state index contributed by atoms with van der Waals surface area (Å²) >= 11 is 0. The fourth-order valence-electron chi connectivity index (χ4n) is 2.93. The first-order chi connectivity index (χ1) is 13.0. The van der Waals surface area contributed by atoms with Crippen molar-refractivity contribution in [1.82, 2.24) is 10.6 Å². The zero-order valence-electron chi connectivity index (χ0n) is 15.1. The number of hydrogen-bond donors (Lipinski definition) is 3. The molecule has 0 radical (unpaired) electrons. The summed E-state index contributed by atoms with van der Waals surface area (Å²) in [4.78, 5) is 12.2. The van der Waals surface area contributed by atoms with Crippen molar-refractivity contribution in [3.05, 3.63) is 54.1 Å². The predicted molar refractivity (Wildman–Crippen MR) is 103 cm³/mol. The quantitative estimate of drug-likeness (QED) is 0.672. The number of rotatable bonds is 7. The van der Waals surface area contributed by atoms with Gasteiger partial charge in [0, 0.05) is 12.2 Å². The van der Waals surface area contributed by atoms with Crippen LogP contribution in [0, 0.1) is 0 Å². The smallest absolute Gasteiger partial charge is 0.261 e. The lowest BCUT2D eigenvalue weighted by molar-refractivity contribution is -0.122. The number of benzene rings is 2. The summed E-state index contributed by atoms with van der Waals surface area (Å²) in [6.45, 7) is 1.20. The first kappa shape index (κ1) is 19.2. The molecule has 1 unspecified atom stereocenters. The van der Waals surface area contributed by atoms with Crippen LogP contribution >= 0.6 is 0 Å². The Morgan fingerprint density at radius 2 is 2.00 bits per heavy atom. The largest absolute Gasteiger partial charge is 0.497 e. The minimum atomic E-state index is -3.70. The third-order valence-electron chi connectivity index (χ3n) is 4.39. The Bertz CT molecular complexity index is 891. The Morgan fingerprint density at radius 3 is 2.67 bits per heavy atom. The Hall–Kier alpha value is -2.58. The topological polar surface area (TPSA) is 96.5 Å². The maximum Gasteiger partial charge on any atom is 0.261 e. The van der Waals surface area contributed by atoms with Crippen LogP contribution in [-0.2, 0) is 21.4 Å². The molecule has 8 heteroatoms. The highest BCUT2D eigenvalue weighted by Gasteiger charge is 2.21. The number of carbonyl (C=O) groups excluding carboxylic acids is 1. The van der Waals surface area contributed by atoms with E-state index in [0.717, 1.165) is 24.9 Å². The van der Waals surface area contributed by atoms with Gasteiger partial charge >= 0.3 is 0 Å². The molecular weight excluding hydrogens is 366 g/mol. The number of amides is 1. The van der Waals surface area contributed by atoms with Crippen molar-refractivity contribution in [1.29, 1.82) is 0 Å². The number of carbonyl (C=O) groups is 1. The summed E-state index contributed by atoms with van der Waals surface area (Å²) < 4.78 is 32.7. The molecule has 0 aliphatic carbocycles. The van der Waals surface area contributed by atoms with E-state index in [1.807, 2.05) is 6.07 Å². The van der Waals surface area contributed by atoms with E-state index in [2.05, 4.69) is 15.4 Å². The Labute approximate surface area is 159 Å². The molecule has 0 saturated carbocycles. The van der Waals surface area contributed by atoms with E-state index in [1.54, 1.807) is 30.3 Å². The lowest BCUT2D eigenvalue weighted by atomic mass is 10.2. The highest BCUT2D eigenvalue weighted by atomic mass is 32.2. The number of ether oxygens (including phenoxy) is 1. The van der Waals surface area contributed by atoms with Gasteiger partial charge < -0.3 is 15.4 Å². The van der Waals surface area contributed by atoms with Gasteiger partial charge in [-0.3, -0.25) is 9.52 Å². The van der Waals surface area contributed by atoms with Crippen LogP contribution in [0.4, 0.5) is 5.69 Å². The first-order valence-corrected chi connectivity index (χ1v) is 10.2. The van der Waals surface area contributed by atoms with Crippen LogP contribution in [0.2, 0.25) is 0 Å². The molecule has 144 valence electrons. The summed E-state index contributed by atoms with van der Waals surface area (Å²) in [7, 11) is -2.18. The van der Waals surface area contributed by atoms with Gasteiger partial charge in [-0.15, -0.1) is 0 Å². The maximum absolute atomic E-state index is 12.5. The van der Waals surface area contributed by atoms with E-state index < -0.39 is 10.0 Å². The van der Waals surface area contributed by atoms with Crippen LogP contribution in [0.1, 0.15) is 18.4 Å². The molecule has 1 aliphatic heterocycles. The van der Waals surface area contributed by atoms with Gasteiger partial charge in [-0.05, 0) is 61.3 Å². The van der Waals surface area contributed by atoms with Crippen LogP contribution in [0.25, 0.3) is 0 Å². The minimum Gasteiger partial charge on any atom is -0.497 e. The minimum absolute atomic E-state index is 0.0308. The van der Waals surface area contributed by atoms with Crippen molar-refractivity contribution in [2.45, 2.75) is 30.3 Å². The molecule has 1 fully saturated rings. The van der Waals surface area contributed by atoms with Gasteiger partial charge in [0.05, 0.1) is 18.0 Å². The van der Waals surface area contributed by atoms with Crippen molar-refractivity contribution in [3.63, 3.8) is 0 Å². The van der Waals surface area contributed by atoms with Crippen molar-refractivity contribution in [2.24, 2.45) is 0 Å². The lowest BCUT2D eigenvalue weighted by Gasteiger charge is -2.12. The molecule has 27 heavy (non-hydrogen) atoms. The molecule has 0 spiro atoms. The van der Waals surface area contributed by atoms with Crippen molar-refractivity contribution >= 4 is 21.6 Å². The van der Waals surface area contributed by atoms with Crippen LogP contribution in [0.15, 0.2) is 53.4 Å². The molecular formula is C19H23N3O4S. The highest BCUT2D eigenvalue weighted by molar-refractivity contribution is 7.92. The van der Waals surface area contributed by atoms with E-state index in [-0.39, 0.29) is 16.8 Å². The monoisotopic (exact) mass is 389 g/mol. The number of anilines is 1. The van der Waals surface area contributed by atoms with Gasteiger partial charge in [0.15, 0.2) is 0 Å². The third-order valence-corrected chi connectivity index (χ3v) is 5.79. The van der Waals surface area contributed by atoms with Crippen LogP contribution in [0.3, 0.4) is 0 Å². The molecule has 1 saturated heterocycles. The van der Waals surface area contributed by atoms with E-state index in [9.17, 15) is 13.2 Å². The Balaban J connectivity index is 1.64. The number of methoxy groups -OCH3 is 1. The second kappa shape index (κ2) is 8.41. The Morgan fingerprint density at radius 1 is 1.22 bits per heavy atom. The summed E-state index contributed by atoms with van der Waals surface area (Å²) in [6, 6.07) is 13.0. The van der Waals surface area contributed by atoms with Crippen molar-refractivity contribution in [2.75, 3.05) is 18.4 Å². The summed E-state index contributed by atoms with van der Waals surface area (Å²) in [6.07, 6.45) is 1.84. The second-order valence-corrected chi connectivity index (χ2v) is 8.03. The lowest BCUT2D eigenvalue weighted by Crippen LogP contribution is -2.39. The van der Waals surface area contributed by atoms with E-state index in [4.69, 9.17) is 4.74 Å². The van der Waals surface area contributed by atoms with E-state index in [1.165, 1.54) is 19.2 Å². The van der Waals surface area contributed by atoms with E-state index in [0.29, 0.717) is 18.0 Å². The van der Waals surface area contributed by atoms with Gasteiger partial charge in [-0.2, -0.15) is 0 Å². The van der Waals surface area contributed by atoms with Crippen molar-refractivity contribution < 1.29 is 17.9 Å². The van der Waals surface area contributed by atoms with Gasteiger partial charge in [-0.1, -0.05) is 12.1 Å². The van der Waals surface area contributed by atoms with Crippen molar-refractivity contribution in [3.8, 4) is 5.75 Å². The van der Waals surface area contributed by atoms with Crippen LogP contribution in [0.5, 0.6) is 5.75 Å². The summed E-state index contributed by atoms with van der Waals surface area (Å²) in [5.41, 5.74) is 1.26. The molecule has 0 bridgehead atoms. The molecule has 1 amide bonds. The van der Waals surface area contributed by atoms with Crippen LogP contribution in [-0.4, -0.2) is 34.0 Å². The molecule has 1 atom stereocenters. The number of hydrogen-bond acceptors (Lipinski definition) is 5. The molecule has 0 aromatic heterocycles. The molecule has 3 rings (SSSR count). The molecule has 2 aromatic rings. The summed E-state index contributed by atoms with van der Waals surface area (Å²) in [5.74, 6) is 0.556. The van der Waals surface area contributed by atoms with Gasteiger partial charge in [-0.25, -0.2) is 8.42 Å². The van der Waals surface area contributed by atoms with E-state index >= 15 is 0 Å². The normalized spacial score (nSPS) is 16.7. The first-order valence-electron chi connectivity index (χ1n) is 8.75. The van der Waals surface area contributed by atoms with Gasteiger partial charge in [0.25, 0.3) is 10.0 Å². The highest BCUT2D eigenvalue weighted by Crippen LogP contribution is 2.20. The Kier molecular flexibility index (Phi) is 5.98. The number of nitrogens with one attached hydrogen (secondary N) is 3. The van der Waals surface area contributed by atoms with Crippen LogP contribution < -0.4 is 20.1 Å². The standard InChI is InChI=1S/C19H23N3O4S/c1-26-16-7-9-17(10-8-16)27(24,25)22-15-5-2-4-14(12-15)13-21-19(23)18-6-3-11-20-18/h2,4-5,7-10,12,18,20,22H,3,6,11,13H2,1H3,(H,21,23). The number of sulfonamides is 1. The van der Waals surface area contributed by atoms with Gasteiger partial charge in [0.1, 0.15) is 5.75 Å². The fourth-order valence-corrected chi connectivity index (χ4v) is 3.98. The average Bonchev–Trinajstić information content (AvgIpc) is 3.21. The molecule has 7 nitrogen and oxygen atoms in total. The second-order valence-electron chi connectivity index (χ2n) is 6.35. The predicted octanol–water partition coefficient (Wildman–Crippen LogP) is 1.86. The molecule has 2 aromatic carbocycles. The molecule has 1 heterocycles. The molecule has 1 aliphatic rings. The SMILES string of the molecule is COc1ccc(S(=O)(=O)Nc2cccc(CNC(=O)C3CCCN3)c2)cc1. The zero-order valence-corrected chi connectivity index (χ0v) is 15.9. The maximum atomic E-state index is 12.5. The fraction of sp³-hybridized carbons (Fsp3) is 0.316. The summed E-state index contributed by atoms with van der Waals surface area (Å²) in [5, 5.41) is 6.03. The zero-order chi connectivity index (χ0) is 19.3. The third kappa shape index (κ3) is 4.99. The van der Waals surface area contributed by atoms with Gasteiger partial charge in [0.2, 0.25) is 5.91 Å².